The molecule has 1 aliphatic rings. The maximum absolute atomic E-state index is 12.2. The summed E-state index contributed by atoms with van der Waals surface area (Å²) in [5, 5.41) is 10.4. The van der Waals surface area contributed by atoms with E-state index in [-0.39, 0.29) is 6.54 Å². The Hall–Kier alpha value is -1.26. The number of benzene rings is 1. The van der Waals surface area contributed by atoms with Crippen molar-refractivity contribution in [3.05, 3.63) is 28.8 Å². The van der Waals surface area contributed by atoms with Crippen LogP contribution in [-0.4, -0.2) is 29.4 Å². The summed E-state index contributed by atoms with van der Waals surface area (Å²) in [5.74, 6) is 0. The highest BCUT2D eigenvalue weighted by molar-refractivity contribution is 6.31. The van der Waals surface area contributed by atoms with Crippen LogP contribution in [-0.2, 0) is 11.2 Å². The Balaban J connectivity index is 2.32. The molecule has 1 atom stereocenters. The van der Waals surface area contributed by atoms with Crippen molar-refractivity contribution < 1.29 is 14.6 Å². The van der Waals surface area contributed by atoms with Crippen LogP contribution in [0.2, 0.25) is 5.02 Å². The maximum Gasteiger partial charge on any atom is 0.414 e. The minimum atomic E-state index is -0.582. The number of fused-ring (bicyclic) bond motifs is 1. The van der Waals surface area contributed by atoms with Crippen molar-refractivity contribution in [1.29, 1.82) is 0 Å². The summed E-state index contributed by atoms with van der Waals surface area (Å²) < 4.78 is 5.36. The molecule has 5 heteroatoms. The molecular weight excluding hydrogens is 266 g/mol. The van der Waals surface area contributed by atoms with Gasteiger partial charge in [0.2, 0.25) is 0 Å². The highest BCUT2D eigenvalue weighted by Gasteiger charge is 2.30. The van der Waals surface area contributed by atoms with E-state index >= 15 is 0 Å². The molecule has 0 aliphatic carbocycles. The molecule has 1 heterocycles. The number of rotatable bonds is 0. The number of nitrogens with zero attached hydrogens (tertiary/aromatic N) is 1. The minimum absolute atomic E-state index is 0.224. The second-order valence-corrected chi connectivity index (χ2v) is 6.16. The van der Waals surface area contributed by atoms with Crippen LogP contribution in [0.25, 0.3) is 0 Å². The third-order valence-corrected chi connectivity index (χ3v) is 3.04. The van der Waals surface area contributed by atoms with Crippen molar-refractivity contribution in [2.24, 2.45) is 0 Å². The number of β-amino-alcohol motifs (C(OH)–C–C–N with tert-alkyl or cyclic N) is 1. The lowest BCUT2D eigenvalue weighted by Crippen LogP contribution is -2.44. The summed E-state index contributed by atoms with van der Waals surface area (Å²) >= 11 is 5.97. The van der Waals surface area contributed by atoms with Crippen LogP contribution in [0.15, 0.2) is 18.2 Å². The zero-order valence-corrected chi connectivity index (χ0v) is 12.1. The van der Waals surface area contributed by atoms with Gasteiger partial charge in [-0.15, -0.1) is 0 Å². The van der Waals surface area contributed by atoms with Gasteiger partial charge in [0.05, 0.1) is 18.3 Å². The maximum atomic E-state index is 12.2. The normalized spacial score (nSPS) is 19.0. The topological polar surface area (TPSA) is 49.8 Å². The minimum Gasteiger partial charge on any atom is -0.443 e. The molecule has 0 saturated carbocycles. The predicted octanol–water partition coefficient (Wildman–Crippen LogP) is 3.00. The second kappa shape index (κ2) is 5.02. The first kappa shape index (κ1) is 14.2. The predicted molar refractivity (Wildman–Crippen MR) is 74.7 cm³/mol. The molecule has 19 heavy (non-hydrogen) atoms. The monoisotopic (exact) mass is 283 g/mol. The largest absolute Gasteiger partial charge is 0.443 e. The molecule has 2 rings (SSSR count). The number of aliphatic hydroxyl groups excluding tert-OH is 1. The third kappa shape index (κ3) is 3.39. The number of amides is 1. The average Bonchev–Trinajstić information content (AvgIpc) is 2.26. The second-order valence-electron chi connectivity index (χ2n) is 5.72. The molecule has 1 N–H and O–H groups in total. The summed E-state index contributed by atoms with van der Waals surface area (Å²) in [7, 11) is 0. The van der Waals surface area contributed by atoms with E-state index in [9.17, 15) is 9.90 Å². The Bertz CT molecular complexity index is 496. The molecule has 104 valence electrons. The Labute approximate surface area is 117 Å². The van der Waals surface area contributed by atoms with Crippen LogP contribution in [0.4, 0.5) is 10.5 Å². The summed E-state index contributed by atoms with van der Waals surface area (Å²) in [6.45, 7) is 5.65. The smallest absolute Gasteiger partial charge is 0.414 e. The first-order valence-electron chi connectivity index (χ1n) is 6.23. The van der Waals surface area contributed by atoms with Crippen LogP contribution in [0, 0.1) is 0 Å². The Morgan fingerprint density at radius 3 is 2.79 bits per heavy atom. The van der Waals surface area contributed by atoms with Crippen molar-refractivity contribution in [3.8, 4) is 0 Å². The molecule has 1 aliphatic heterocycles. The van der Waals surface area contributed by atoms with E-state index in [1.165, 1.54) is 4.90 Å². The van der Waals surface area contributed by atoms with Crippen molar-refractivity contribution in [3.63, 3.8) is 0 Å². The van der Waals surface area contributed by atoms with Gasteiger partial charge in [-0.1, -0.05) is 17.7 Å². The van der Waals surface area contributed by atoms with Gasteiger partial charge in [0.25, 0.3) is 0 Å². The molecule has 0 aromatic heterocycles. The van der Waals surface area contributed by atoms with Crippen LogP contribution in [0.5, 0.6) is 0 Å². The Kier molecular flexibility index (Phi) is 3.74. The first-order valence-corrected chi connectivity index (χ1v) is 6.61. The number of hydrogen-bond donors (Lipinski definition) is 1. The van der Waals surface area contributed by atoms with Gasteiger partial charge in [-0.25, -0.2) is 4.79 Å². The van der Waals surface area contributed by atoms with Gasteiger partial charge in [-0.2, -0.15) is 0 Å². The van der Waals surface area contributed by atoms with E-state index in [4.69, 9.17) is 16.3 Å². The van der Waals surface area contributed by atoms with Crippen LogP contribution < -0.4 is 4.90 Å². The molecule has 0 spiro atoms. The van der Waals surface area contributed by atoms with E-state index in [0.29, 0.717) is 17.1 Å². The van der Waals surface area contributed by atoms with Gasteiger partial charge in [-0.3, -0.25) is 4.90 Å². The van der Waals surface area contributed by atoms with Gasteiger partial charge < -0.3 is 9.84 Å². The fourth-order valence-corrected chi connectivity index (χ4v) is 2.24. The van der Waals surface area contributed by atoms with Crippen molar-refractivity contribution >= 4 is 23.4 Å². The van der Waals surface area contributed by atoms with Gasteiger partial charge in [-0.05, 0) is 38.5 Å². The highest BCUT2D eigenvalue weighted by Crippen LogP contribution is 2.31. The number of carbonyl (C=O) groups excluding carboxylic acids is 1. The molecule has 1 amide bonds. The average molecular weight is 284 g/mol. The van der Waals surface area contributed by atoms with Crippen LogP contribution in [0.1, 0.15) is 26.3 Å². The van der Waals surface area contributed by atoms with Gasteiger partial charge >= 0.3 is 6.09 Å². The van der Waals surface area contributed by atoms with E-state index < -0.39 is 17.8 Å². The number of anilines is 1. The van der Waals surface area contributed by atoms with E-state index in [1.54, 1.807) is 12.1 Å². The molecular formula is C14H18ClNO3. The lowest BCUT2D eigenvalue weighted by Gasteiger charge is -2.33. The number of aliphatic hydroxyl groups is 1. The molecule has 4 nitrogen and oxygen atoms in total. The van der Waals surface area contributed by atoms with Crippen molar-refractivity contribution in [1.82, 2.24) is 0 Å². The summed E-state index contributed by atoms with van der Waals surface area (Å²) in [6.07, 6.45) is -0.526. The highest BCUT2D eigenvalue weighted by atomic mass is 35.5. The Morgan fingerprint density at radius 1 is 1.47 bits per heavy atom. The van der Waals surface area contributed by atoms with Gasteiger partial charge in [0.1, 0.15) is 5.60 Å². The number of carbonyl (C=O) groups is 1. The Morgan fingerprint density at radius 2 is 2.16 bits per heavy atom. The molecule has 0 fully saturated rings. The first-order chi connectivity index (χ1) is 8.76. The van der Waals surface area contributed by atoms with E-state index in [1.807, 2.05) is 26.8 Å². The van der Waals surface area contributed by atoms with Gasteiger partial charge in [0.15, 0.2) is 0 Å². The third-order valence-electron chi connectivity index (χ3n) is 2.80. The molecule has 1 aromatic rings. The summed E-state index contributed by atoms with van der Waals surface area (Å²) in [5.41, 5.74) is 1.04. The number of ether oxygens (including phenoxy) is 1. The zero-order chi connectivity index (χ0) is 14.2. The quantitative estimate of drug-likeness (QED) is 0.796. The lowest BCUT2D eigenvalue weighted by molar-refractivity contribution is 0.0548. The standard InChI is InChI=1S/C14H18ClNO3/c1-14(2,3)19-13(18)16-8-11(17)6-9-4-5-10(15)7-12(9)16/h4-5,7,11,17H,6,8H2,1-3H3. The number of hydrogen-bond acceptors (Lipinski definition) is 3. The summed E-state index contributed by atoms with van der Waals surface area (Å²) in [6, 6.07) is 5.32. The molecule has 1 aromatic carbocycles. The lowest BCUT2D eigenvalue weighted by atomic mass is 10.0. The SMILES string of the molecule is CC(C)(C)OC(=O)N1CC(O)Cc2ccc(Cl)cc21. The van der Waals surface area contributed by atoms with Crippen molar-refractivity contribution in [2.75, 3.05) is 11.4 Å². The molecule has 0 saturated heterocycles. The molecule has 1 unspecified atom stereocenters. The summed E-state index contributed by atoms with van der Waals surface area (Å²) in [4.78, 5) is 13.6. The fourth-order valence-electron chi connectivity index (χ4n) is 2.08. The van der Waals surface area contributed by atoms with Gasteiger partial charge in [0, 0.05) is 11.4 Å². The van der Waals surface area contributed by atoms with E-state index in [2.05, 4.69) is 0 Å². The molecule has 0 bridgehead atoms. The van der Waals surface area contributed by atoms with Crippen LogP contribution >= 0.6 is 11.6 Å². The van der Waals surface area contributed by atoms with Crippen LogP contribution in [0.3, 0.4) is 0 Å². The van der Waals surface area contributed by atoms with Crippen molar-refractivity contribution in [2.45, 2.75) is 38.9 Å². The number of halogens is 1. The fraction of sp³-hybridized carbons (Fsp3) is 0.500. The molecule has 0 radical (unpaired) electrons. The van der Waals surface area contributed by atoms with E-state index in [0.717, 1.165) is 5.56 Å². The zero-order valence-electron chi connectivity index (χ0n) is 11.3.